The zero-order valence-corrected chi connectivity index (χ0v) is 15.7. The second-order valence-corrected chi connectivity index (χ2v) is 6.79. The lowest BCUT2D eigenvalue weighted by Gasteiger charge is -2.15. The Morgan fingerprint density at radius 1 is 1.44 bits per heavy atom. The number of carbonyl (C=O) groups is 1. The molecule has 0 aromatic carbocycles. The minimum atomic E-state index is -0.0416. The number of nitrogens with one attached hydrogen (secondary N) is 2. The second-order valence-electron chi connectivity index (χ2n) is 5.86. The van der Waals surface area contributed by atoms with E-state index in [0.29, 0.717) is 19.0 Å². The van der Waals surface area contributed by atoms with E-state index in [1.807, 2.05) is 23.7 Å². The molecule has 0 radical (unpaired) electrons. The van der Waals surface area contributed by atoms with Gasteiger partial charge in [-0.1, -0.05) is 6.92 Å². The molecule has 1 unspecified atom stereocenters. The molecule has 7 nitrogen and oxygen atoms in total. The van der Waals surface area contributed by atoms with Crippen LogP contribution < -0.4 is 10.6 Å². The SMILES string of the molecule is CC(CNC(=NCC(=O)N(C)C)NCCc1ccco1)c1nccs1. The number of carbonyl (C=O) groups excluding carboxylic acids is 1. The number of furan rings is 1. The van der Waals surface area contributed by atoms with E-state index < -0.39 is 0 Å². The number of amides is 1. The molecule has 0 fully saturated rings. The third-order valence-corrected chi connectivity index (χ3v) is 4.57. The zero-order chi connectivity index (χ0) is 18.1. The second kappa shape index (κ2) is 9.83. The fraction of sp³-hybridized carbons (Fsp3) is 0.471. The summed E-state index contributed by atoms with van der Waals surface area (Å²) in [6.45, 7) is 3.57. The van der Waals surface area contributed by atoms with Crippen LogP contribution in [0.4, 0.5) is 0 Å². The molecule has 0 aliphatic carbocycles. The summed E-state index contributed by atoms with van der Waals surface area (Å²) in [5, 5.41) is 9.58. The van der Waals surface area contributed by atoms with Crippen LogP contribution in [0.25, 0.3) is 0 Å². The van der Waals surface area contributed by atoms with Crippen molar-refractivity contribution in [2.45, 2.75) is 19.3 Å². The van der Waals surface area contributed by atoms with E-state index >= 15 is 0 Å². The fourth-order valence-electron chi connectivity index (χ4n) is 2.04. The van der Waals surface area contributed by atoms with Gasteiger partial charge in [0.15, 0.2) is 5.96 Å². The van der Waals surface area contributed by atoms with Gasteiger partial charge in [-0.15, -0.1) is 11.3 Å². The number of hydrogen-bond donors (Lipinski definition) is 2. The average molecular weight is 363 g/mol. The normalized spacial score (nSPS) is 12.7. The van der Waals surface area contributed by atoms with Crippen LogP contribution in [-0.2, 0) is 11.2 Å². The number of guanidine groups is 1. The van der Waals surface area contributed by atoms with Gasteiger partial charge in [-0.3, -0.25) is 4.79 Å². The van der Waals surface area contributed by atoms with Crippen LogP contribution >= 0.6 is 11.3 Å². The Kier molecular flexibility index (Phi) is 7.46. The summed E-state index contributed by atoms with van der Waals surface area (Å²) in [5.74, 6) is 1.75. The molecular formula is C17H25N5O2S. The van der Waals surface area contributed by atoms with Crippen molar-refractivity contribution in [2.24, 2.45) is 4.99 Å². The van der Waals surface area contributed by atoms with Crippen molar-refractivity contribution in [1.82, 2.24) is 20.5 Å². The lowest BCUT2D eigenvalue weighted by atomic mass is 10.2. The largest absolute Gasteiger partial charge is 0.469 e. The smallest absolute Gasteiger partial charge is 0.243 e. The highest BCUT2D eigenvalue weighted by Gasteiger charge is 2.10. The zero-order valence-electron chi connectivity index (χ0n) is 14.9. The van der Waals surface area contributed by atoms with E-state index in [9.17, 15) is 4.79 Å². The van der Waals surface area contributed by atoms with E-state index in [1.165, 1.54) is 4.90 Å². The van der Waals surface area contributed by atoms with Crippen molar-refractivity contribution < 1.29 is 9.21 Å². The van der Waals surface area contributed by atoms with Gasteiger partial charge >= 0.3 is 0 Å². The Hall–Kier alpha value is -2.35. The Labute approximate surface area is 152 Å². The summed E-state index contributed by atoms with van der Waals surface area (Å²) >= 11 is 1.64. The fourth-order valence-corrected chi connectivity index (χ4v) is 2.73. The number of nitrogens with zero attached hydrogens (tertiary/aromatic N) is 3. The van der Waals surface area contributed by atoms with Crippen LogP contribution in [0.2, 0.25) is 0 Å². The van der Waals surface area contributed by atoms with Crippen molar-refractivity contribution in [3.63, 3.8) is 0 Å². The average Bonchev–Trinajstić information content (AvgIpc) is 3.29. The van der Waals surface area contributed by atoms with Crippen molar-refractivity contribution in [3.05, 3.63) is 40.7 Å². The van der Waals surface area contributed by atoms with Gasteiger partial charge in [-0.25, -0.2) is 9.98 Å². The van der Waals surface area contributed by atoms with E-state index in [4.69, 9.17) is 4.42 Å². The first-order valence-corrected chi connectivity index (χ1v) is 9.08. The standard InChI is InChI=1S/C17H25N5O2S/c1-13(16-18-8-10-25-16)11-20-17(21-12-15(23)22(2)3)19-7-6-14-5-4-9-24-14/h4-5,8-10,13H,6-7,11-12H2,1-3H3,(H2,19,20,21). The van der Waals surface area contributed by atoms with Gasteiger partial charge in [0.1, 0.15) is 12.3 Å². The van der Waals surface area contributed by atoms with Crippen LogP contribution in [0.5, 0.6) is 0 Å². The first-order chi connectivity index (χ1) is 12.1. The van der Waals surface area contributed by atoms with Gasteiger partial charge in [-0.2, -0.15) is 0 Å². The first kappa shape index (κ1) is 19.0. The summed E-state index contributed by atoms with van der Waals surface area (Å²) in [4.78, 5) is 22.0. The predicted octanol–water partition coefficient (Wildman–Crippen LogP) is 1.71. The van der Waals surface area contributed by atoms with Crippen LogP contribution in [0, 0.1) is 0 Å². The number of aromatic nitrogens is 1. The molecule has 2 rings (SSSR count). The summed E-state index contributed by atoms with van der Waals surface area (Å²) in [6, 6.07) is 3.81. The van der Waals surface area contributed by atoms with Gasteiger partial charge in [0.25, 0.3) is 0 Å². The number of likely N-dealkylation sites (N-methyl/N-ethyl adjacent to an activating group) is 1. The molecule has 1 amide bonds. The monoisotopic (exact) mass is 363 g/mol. The predicted molar refractivity (Wildman–Crippen MR) is 99.9 cm³/mol. The van der Waals surface area contributed by atoms with Crippen LogP contribution in [-0.4, -0.2) is 55.5 Å². The molecule has 2 aromatic heterocycles. The number of thiazole rings is 1. The van der Waals surface area contributed by atoms with Gasteiger partial charge in [-0.05, 0) is 12.1 Å². The number of hydrogen-bond acceptors (Lipinski definition) is 5. The van der Waals surface area contributed by atoms with E-state index in [-0.39, 0.29) is 18.4 Å². The highest BCUT2D eigenvalue weighted by atomic mass is 32.1. The molecule has 0 spiro atoms. The Balaban J connectivity index is 1.88. The molecule has 2 heterocycles. The molecule has 2 aromatic rings. The molecular weight excluding hydrogens is 338 g/mol. The van der Waals surface area contributed by atoms with Crippen molar-refractivity contribution >= 4 is 23.2 Å². The van der Waals surface area contributed by atoms with Crippen LogP contribution in [0.1, 0.15) is 23.6 Å². The molecule has 0 aliphatic rings. The molecule has 8 heteroatoms. The summed E-state index contributed by atoms with van der Waals surface area (Å²) in [5.41, 5.74) is 0. The topological polar surface area (TPSA) is 82.8 Å². The van der Waals surface area contributed by atoms with Gasteiger partial charge in [0.05, 0.1) is 11.3 Å². The summed E-state index contributed by atoms with van der Waals surface area (Å²) in [6.07, 6.45) is 4.22. The third kappa shape index (κ3) is 6.58. The number of aliphatic imine (C=N–C) groups is 1. The van der Waals surface area contributed by atoms with Crippen molar-refractivity contribution in [1.29, 1.82) is 0 Å². The molecule has 25 heavy (non-hydrogen) atoms. The maximum atomic E-state index is 11.8. The van der Waals surface area contributed by atoms with Crippen LogP contribution in [0.3, 0.4) is 0 Å². The molecule has 0 saturated carbocycles. The van der Waals surface area contributed by atoms with Gasteiger partial charge in [0.2, 0.25) is 5.91 Å². The quantitative estimate of drug-likeness (QED) is 0.551. The first-order valence-electron chi connectivity index (χ1n) is 8.20. The Morgan fingerprint density at radius 2 is 2.28 bits per heavy atom. The number of rotatable bonds is 8. The van der Waals surface area contributed by atoms with Crippen molar-refractivity contribution in [3.8, 4) is 0 Å². The lowest BCUT2D eigenvalue weighted by molar-refractivity contribution is -0.127. The van der Waals surface area contributed by atoms with Gasteiger partial charge < -0.3 is 20.0 Å². The van der Waals surface area contributed by atoms with E-state index in [1.54, 1.807) is 31.7 Å². The van der Waals surface area contributed by atoms with Crippen LogP contribution in [0.15, 0.2) is 39.4 Å². The van der Waals surface area contributed by atoms with Gasteiger partial charge in [0, 0.05) is 51.1 Å². The Bertz CT molecular complexity index is 653. The molecule has 0 bridgehead atoms. The molecule has 0 aliphatic heterocycles. The molecule has 2 N–H and O–H groups in total. The minimum Gasteiger partial charge on any atom is -0.469 e. The van der Waals surface area contributed by atoms with Crippen molar-refractivity contribution in [2.75, 3.05) is 33.7 Å². The highest BCUT2D eigenvalue weighted by Crippen LogP contribution is 2.16. The maximum Gasteiger partial charge on any atom is 0.243 e. The maximum absolute atomic E-state index is 11.8. The highest BCUT2D eigenvalue weighted by molar-refractivity contribution is 7.09. The summed E-state index contributed by atoms with van der Waals surface area (Å²) in [7, 11) is 3.44. The summed E-state index contributed by atoms with van der Waals surface area (Å²) < 4.78 is 5.32. The molecule has 1 atom stereocenters. The Morgan fingerprint density at radius 3 is 2.92 bits per heavy atom. The van der Waals surface area contributed by atoms with E-state index in [0.717, 1.165) is 17.2 Å². The molecule has 136 valence electrons. The van der Waals surface area contributed by atoms with E-state index in [2.05, 4.69) is 27.5 Å². The minimum absolute atomic E-state index is 0.0416. The third-order valence-electron chi connectivity index (χ3n) is 3.56. The lowest BCUT2D eigenvalue weighted by Crippen LogP contribution is -2.41. The molecule has 0 saturated heterocycles.